The van der Waals surface area contributed by atoms with E-state index in [-0.39, 0.29) is 17.1 Å². The number of rotatable bonds is 7. The summed E-state index contributed by atoms with van der Waals surface area (Å²) in [6.07, 6.45) is 0.871. The fraction of sp³-hybridized carbons (Fsp3) is 0.273. The molecule has 0 unspecified atom stereocenters. The number of hydrogen-bond donors (Lipinski definition) is 0. The van der Waals surface area contributed by atoms with Gasteiger partial charge in [-0.2, -0.15) is 0 Å². The van der Waals surface area contributed by atoms with Crippen molar-refractivity contribution in [3.63, 3.8) is 0 Å². The summed E-state index contributed by atoms with van der Waals surface area (Å²) in [6, 6.07) is 16.7. The molecule has 0 saturated heterocycles. The third kappa shape index (κ3) is 3.82. The molecule has 4 aromatic rings. The first-order valence-electron chi connectivity index (χ1n) is 9.64. The van der Waals surface area contributed by atoms with Crippen molar-refractivity contribution < 1.29 is 4.79 Å². The zero-order valence-electron chi connectivity index (χ0n) is 16.4. The maximum atomic E-state index is 13.0. The van der Waals surface area contributed by atoms with Crippen molar-refractivity contribution in [3.8, 4) is 0 Å². The van der Waals surface area contributed by atoms with Crippen molar-refractivity contribution in [2.75, 3.05) is 5.75 Å². The van der Waals surface area contributed by atoms with Gasteiger partial charge in [0.25, 0.3) is 5.56 Å². The maximum absolute atomic E-state index is 13.0. The molecule has 2 heterocycles. The first-order valence-corrected chi connectivity index (χ1v) is 10.6. The number of carbonyl (C=O) groups is 1. The lowest BCUT2D eigenvalue weighted by Gasteiger charge is -2.12. The van der Waals surface area contributed by atoms with Crippen LogP contribution in [0.2, 0.25) is 0 Å². The third-order valence-corrected chi connectivity index (χ3v) is 5.77. The normalized spacial score (nSPS) is 11.6. The Bertz CT molecular complexity index is 1230. The Morgan fingerprint density at radius 3 is 2.52 bits per heavy atom. The van der Waals surface area contributed by atoms with Crippen molar-refractivity contribution in [2.24, 2.45) is 5.92 Å². The highest BCUT2D eigenvalue weighted by Crippen LogP contribution is 2.22. The molecule has 0 N–H and O–H groups in total. The molecule has 0 aliphatic heterocycles. The van der Waals surface area contributed by atoms with Crippen molar-refractivity contribution in [2.45, 2.75) is 32.0 Å². The molecule has 0 aliphatic rings. The number of aromatic nitrogens is 4. The fourth-order valence-corrected chi connectivity index (χ4v) is 4.09. The van der Waals surface area contributed by atoms with Gasteiger partial charge in [0.05, 0.1) is 16.7 Å². The van der Waals surface area contributed by atoms with E-state index in [4.69, 9.17) is 0 Å². The minimum atomic E-state index is -0.0574. The number of hydrogen-bond acceptors (Lipinski definition) is 5. The summed E-state index contributed by atoms with van der Waals surface area (Å²) in [4.78, 5) is 25.5. The fourth-order valence-electron chi connectivity index (χ4n) is 3.25. The molecule has 0 fully saturated rings. The summed E-state index contributed by atoms with van der Waals surface area (Å²) >= 11 is 1.34. The second-order valence-corrected chi connectivity index (χ2v) is 8.29. The van der Waals surface area contributed by atoms with E-state index in [0.717, 1.165) is 11.9 Å². The minimum Gasteiger partial charge on any atom is -0.293 e. The summed E-state index contributed by atoms with van der Waals surface area (Å²) in [5.41, 5.74) is 1.37. The Hall–Kier alpha value is -2.93. The average molecular weight is 407 g/mol. The van der Waals surface area contributed by atoms with Crippen molar-refractivity contribution >= 4 is 34.2 Å². The van der Waals surface area contributed by atoms with Crippen molar-refractivity contribution in [1.82, 2.24) is 19.2 Å². The molecule has 0 bridgehead atoms. The van der Waals surface area contributed by atoms with Gasteiger partial charge in [-0.1, -0.05) is 68.1 Å². The van der Waals surface area contributed by atoms with E-state index in [9.17, 15) is 9.59 Å². The summed E-state index contributed by atoms with van der Waals surface area (Å²) in [5.74, 6) is 1.27. The Labute approximate surface area is 172 Å². The number of Topliss-reactive ketones (excluding diaryl/α,β-unsaturated/α-hetero) is 1. The van der Waals surface area contributed by atoms with E-state index in [0.29, 0.717) is 34.3 Å². The quantitative estimate of drug-likeness (QED) is 0.342. The average Bonchev–Trinajstić information content (AvgIpc) is 3.16. The highest BCUT2D eigenvalue weighted by Gasteiger charge is 2.18. The van der Waals surface area contributed by atoms with E-state index < -0.39 is 0 Å². The molecule has 0 amide bonds. The van der Waals surface area contributed by atoms with Gasteiger partial charge >= 0.3 is 0 Å². The van der Waals surface area contributed by atoms with Crippen LogP contribution in [-0.4, -0.2) is 30.7 Å². The Morgan fingerprint density at radius 2 is 1.76 bits per heavy atom. The van der Waals surface area contributed by atoms with Gasteiger partial charge in [0.1, 0.15) is 0 Å². The highest BCUT2D eigenvalue weighted by atomic mass is 32.2. The number of carbonyl (C=O) groups excluding carboxylic acids is 1. The molecule has 148 valence electrons. The lowest BCUT2D eigenvalue weighted by molar-refractivity contribution is 0.102. The summed E-state index contributed by atoms with van der Waals surface area (Å²) < 4.78 is 3.58. The number of thioether (sulfide) groups is 1. The number of aryl methyl sites for hydroxylation is 1. The Morgan fingerprint density at radius 1 is 1.03 bits per heavy atom. The molecule has 0 saturated carbocycles. The van der Waals surface area contributed by atoms with E-state index in [2.05, 4.69) is 24.0 Å². The Kier molecular flexibility index (Phi) is 5.49. The largest absolute Gasteiger partial charge is 0.293 e. The third-order valence-electron chi connectivity index (χ3n) is 4.84. The predicted molar refractivity (Wildman–Crippen MR) is 116 cm³/mol. The van der Waals surface area contributed by atoms with Crippen molar-refractivity contribution in [1.29, 1.82) is 0 Å². The van der Waals surface area contributed by atoms with Crippen LogP contribution in [0.15, 0.2) is 64.5 Å². The number of nitrogens with zero attached hydrogens (tertiary/aromatic N) is 4. The zero-order valence-corrected chi connectivity index (χ0v) is 17.2. The first-order chi connectivity index (χ1) is 14.1. The molecule has 0 atom stereocenters. The van der Waals surface area contributed by atoms with Crippen LogP contribution in [0.5, 0.6) is 0 Å². The van der Waals surface area contributed by atoms with Gasteiger partial charge < -0.3 is 0 Å². The van der Waals surface area contributed by atoms with Crippen LogP contribution in [0, 0.1) is 5.92 Å². The second-order valence-electron chi connectivity index (χ2n) is 7.35. The number of benzene rings is 2. The standard InChI is InChI=1S/C22H22N4O2S/c1-15(2)12-13-25-20(28)17-10-6-7-11-18(17)26-21(25)23-24-22(26)29-14-19(27)16-8-4-3-5-9-16/h3-11,15H,12-14H2,1-2H3. The van der Waals surface area contributed by atoms with Gasteiger partial charge in [-0.05, 0) is 24.5 Å². The molecule has 6 nitrogen and oxygen atoms in total. The summed E-state index contributed by atoms with van der Waals surface area (Å²) in [5, 5.41) is 9.84. The lowest BCUT2D eigenvalue weighted by Crippen LogP contribution is -2.24. The zero-order chi connectivity index (χ0) is 20.4. The van der Waals surface area contributed by atoms with Crippen molar-refractivity contribution in [3.05, 3.63) is 70.5 Å². The molecule has 2 aromatic carbocycles. The second kappa shape index (κ2) is 8.21. The van der Waals surface area contributed by atoms with Gasteiger partial charge in [-0.25, -0.2) is 0 Å². The van der Waals surface area contributed by atoms with Gasteiger partial charge in [-0.3, -0.25) is 18.6 Å². The Balaban J connectivity index is 1.76. The maximum Gasteiger partial charge on any atom is 0.262 e. The lowest BCUT2D eigenvalue weighted by atomic mass is 10.1. The van der Waals surface area contributed by atoms with Crippen LogP contribution < -0.4 is 5.56 Å². The number of para-hydroxylation sites is 1. The molecule has 0 radical (unpaired) electrons. The number of fused-ring (bicyclic) bond motifs is 3. The molecular formula is C22H22N4O2S. The molecule has 4 rings (SSSR count). The van der Waals surface area contributed by atoms with Crippen LogP contribution in [0.1, 0.15) is 30.6 Å². The number of ketones is 1. The van der Waals surface area contributed by atoms with Crippen LogP contribution in [-0.2, 0) is 6.54 Å². The monoisotopic (exact) mass is 406 g/mol. The van der Waals surface area contributed by atoms with Gasteiger partial charge in [0, 0.05) is 12.1 Å². The first kappa shape index (κ1) is 19.4. The van der Waals surface area contributed by atoms with E-state index in [1.165, 1.54) is 11.8 Å². The predicted octanol–water partition coefficient (Wildman–Crippen LogP) is 4.07. The highest BCUT2D eigenvalue weighted by molar-refractivity contribution is 7.99. The van der Waals surface area contributed by atoms with E-state index in [1.807, 2.05) is 59.0 Å². The van der Waals surface area contributed by atoms with Gasteiger partial charge in [0.15, 0.2) is 10.9 Å². The molecular weight excluding hydrogens is 384 g/mol. The molecule has 7 heteroatoms. The summed E-state index contributed by atoms with van der Waals surface area (Å²) in [7, 11) is 0. The van der Waals surface area contributed by atoms with E-state index in [1.54, 1.807) is 4.57 Å². The summed E-state index contributed by atoms with van der Waals surface area (Å²) in [6.45, 7) is 4.84. The van der Waals surface area contributed by atoms with Gasteiger partial charge in [-0.15, -0.1) is 10.2 Å². The van der Waals surface area contributed by atoms with Crippen LogP contribution >= 0.6 is 11.8 Å². The van der Waals surface area contributed by atoms with Gasteiger partial charge in [0.2, 0.25) is 5.78 Å². The topological polar surface area (TPSA) is 69.3 Å². The minimum absolute atomic E-state index is 0.0322. The molecule has 29 heavy (non-hydrogen) atoms. The molecule has 0 spiro atoms. The van der Waals surface area contributed by atoms with E-state index >= 15 is 0 Å². The van der Waals surface area contributed by atoms with Crippen LogP contribution in [0.4, 0.5) is 0 Å². The SMILES string of the molecule is CC(C)CCn1c(=O)c2ccccc2n2c(SCC(=O)c3ccccc3)nnc12. The molecule has 0 aliphatic carbocycles. The molecule has 2 aromatic heterocycles. The smallest absolute Gasteiger partial charge is 0.262 e. The van der Waals surface area contributed by atoms with Crippen LogP contribution in [0.3, 0.4) is 0 Å². The van der Waals surface area contributed by atoms with Crippen LogP contribution in [0.25, 0.3) is 16.7 Å².